The lowest BCUT2D eigenvalue weighted by Gasteiger charge is -2.25. The second-order valence-corrected chi connectivity index (χ2v) is 8.90. The van der Waals surface area contributed by atoms with E-state index < -0.39 is 15.9 Å². The molecular formula is C21H25N3O3S. The summed E-state index contributed by atoms with van der Waals surface area (Å²) in [7, 11) is -3.90. The van der Waals surface area contributed by atoms with Gasteiger partial charge in [-0.15, -0.1) is 0 Å². The smallest absolute Gasteiger partial charge is 0.264 e. The minimum Gasteiger partial charge on any atom is -0.271 e. The zero-order valence-electron chi connectivity index (χ0n) is 16.2. The van der Waals surface area contributed by atoms with Gasteiger partial charge in [-0.25, -0.2) is 13.8 Å². The molecule has 28 heavy (non-hydrogen) atoms. The number of benzene rings is 2. The minimum atomic E-state index is -3.90. The highest BCUT2D eigenvalue weighted by atomic mass is 32.2. The van der Waals surface area contributed by atoms with Crippen LogP contribution in [0.4, 0.5) is 5.69 Å². The van der Waals surface area contributed by atoms with Crippen LogP contribution in [0.3, 0.4) is 0 Å². The SMILES string of the molecule is Cc1ccc(C)c(N(CC(=O)NN=C2CCCC2)S(=O)(=O)c2ccccc2)c1. The standard InChI is InChI=1S/C21H25N3O3S/c1-16-12-13-17(2)20(14-16)24(28(26,27)19-10-4-3-5-11-19)15-21(25)23-22-18-8-6-7-9-18/h3-5,10-14H,6-9,15H2,1-2H3,(H,23,25). The number of rotatable bonds is 6. The molecule has 1 fully saturated rings. The fourth-order valence-electron chi connectivity index (χ4n) is 3.21. The molecular weight excluding hydrogens is 374 g/mol. The fourth-order valence-corrected chi connectivity index (χ4v) is 4.71. The minimum absolute atomic E-state index is 0.144. The van der Waals surface area contributed by atoms with E-state index in [1.807, 2.05) is 26.0 Å². The molecule has 0 aromatic heterocycles. The first-order chi connectivity index (χ1) is 13.4. The summed E-state index contributed by atoms with van der Waals surface area (Å²) in [6.45, 7) is 3.39. The number of hydrogen-bond acceptors (Lipinski definition) is 4. The van der Waals surface area contributed by atoms with E-state index in [1.54, 1.807) is 24.3 Å². The lowest BCUT2D eigenvalue weighted by Crippen LogP contribution is -2.40. The molecule has 148 valence electrons. The van der Waals surface area contributed by atoms with Gasteiger partial charge >= 0.3 is 0 Å². The Kier molecular flexibility index (Phi) is 6.14. The highest BCUT2D eigenvalue weighted by Gasteiger charge is 2.28. The maximum Gasteiger partial charge on any atom is 0.264 e. The number of nitrogens with one attached hydrogen (secondary N) is 1. The van der Waals surface area contributed by atoms with Crippen molar-refractivity contribution < 1.29 is 13.2 Å². The third-order valence-corrected chi connectivity index (χ3v) is 6.55. The van der Waals surface area contributed by atoms with Crippen LogP contribution in [0.1, 0.15) is 36.8 Å². The van der Waals surface area contributed by atoms with Gasteiger partial charge in [0.15, 0.2) is 0 Å². The van der Waals surface area contributed by atoms with Crippen LogP contribution in [0.5, 0.6) is 0 Å². The largest absolute Gasteiger partial charge is 0.271 e. The van der Waals surface area contributed by atoms with Crippen molar-refractivity contribution in [1.29, 1.82) is 0 Å². The normalized spacial score (nSPS) is 14.0. The summed E-state index contributed by atoms with van der Waals surface area (Å²) in [6, 6.07) is 13.7. The topological polar surface area (TPSA) is 78.8 Å². The molecule has 2 aromatic rings. The molecule has 0 heterocycles. The van der Waals surface area contributed by atoms with E-state index in [-0.39, 0.29) is 11.4 Å². The second-order valence-electron chi connectivity index (χ2n) is 7.03. The Labute approximate surface area is 166 Å². The molecule has 0 aliphatic heterocycles. The second kappa shape index (κ2) is 8.56. The van der Waals surface area contributed by atoms with E-state index in [4.69, 9.17) is 0 Å². The molecule has 1 saturated carbocycles. The number of carbonyl (C=O) groups is 1. The van der Waals surface area contributed by atoms with Crippen molar-refractivity contribution in [3.05, 3.63) is 59.7 Å². The molecule has 6 nitrogen and oxygen atoms in total. The summed E-state index contributed by atoms with van der Waals surface area (Å²) in [5.74, 6) is -0.459. The van der Waals surface area contributed by atoms with Crippen LogP contribution in [-0.2, 0) is 14.8 Å². The fraction of sp³-hybridized carbons (Fsp3) is 0.333. The number of aryl methyl sites for hydroxylation is 2. The van der Waals surface area contributed by atoms with Crippen molar-refractivity contribution in [3.8, 4) is 0 Å². The van der Waals surface area contributed by atoms with Crippen LogP contribution in [0, 0.1) is 13.8 Å². The number of carbonyl (C=O) groups excluding carboxylic acids is 1. The molecule has 0 saturated heterocycles. The Morgan fingerprint density at radius 2 is 1.75 bits per heavy atom. The van der Waals surface area contributed by atoms with Crippen molar-refractivity contribution in [1.82, 2.24) is 5.43 Å². The quantitative estimate of drug-likeness (QED) is 0.755. The highest BCUT2D eigenvalue weighted by molar-refractivity contribution is 7.92. The summed E-state index contributed by atoms with van der Waals surface area (Å²) >= 11 is 0. The van der Waals surface area contributed by atoms with Crippen molar-refractivity contribution in [3.63, 3.8) is 0 Å². The first-order valence-electron chi connectivity index (χ1n) is 9.37. The summed E-state index contributed by atoms with van der Waals surface area (Å²) in [5.41, 5.74) is 5.67. The van der Waals surface area contributed by atoms with Crippen molar-refractivity contribution >= 4 is 27.3 Å². The zero-order valence-corrected chi connectivity index (χ0v) is 17.0. The molecule has 0 bridgehead atoms. The Morgan fingerprint density at radius 1 is 1.07 bits per heavy atom. The van der Waals surface area contributed by atoms with Gasteiger partial charge in [-0.2, -0.15) is 5.10 Å². The molecule has 0 unspecified atom stereocenters. The van der Waals surface area contributed by atoms with Crippen molar-refractivity contribution in [2.24, 2.45) is 5.10 Å². The van der Waals surface area contributed by atoms with Gasteiger partial charge in [-0.1, -0.05) is 30.3 Å². The van der Waals surface area contributed by atoms with E-state index in [0.29, 0.717) is 5.69 Å². The Balaban J connectivity index is 1.94. The molecule has 1 N–H and O–H groups in total. The van der Waals surface area contributed by atoms with Crippen molar-refractivity contribution in [2.75, 3.05) is 10.8 Å². The summed E-state index contributed by atoms with van der Waals surface area (Å²) in [4.78, 5) is 12.7. The molecule has 1 aliphatic rings. The third kappa shape index (κ3) is 4.59. The predicted molar refractivity (Wildman–Crippen MR) is 111 cm³/mol. The first-order valence-corrected chi connectivity index (χ1v) is 10.8. The van der Waals surface area contributed by atoms with Gasteiger partial charge in [0, 0.05) is 5.71 Å². The Morgan fingerprint density at radius 3 is 2.43 bits per heavy atom. The lowest BCUT2D eigenvalue weighted by atomic mass is 10.1. The van der Waals surface area contributed by atoms with Crippen LogP contribution in [0.25, 0.3) is 0 Å². The van der Waals surface area contributed by atoms with Gasteiger partial charge in [0.2, 0.25) is 0 Å². The van der Waals surface area contributed by atoms with Crippen LogP contribution in [-0.4, -0.2) is 26.6 Å². The molecule has 2 aromatic carbocycles. The van der Waals surface area contributed by atoms with Gasteiger partial charge in [0.05, 0.1) is 10.6 Å². The Hall–Kier alpha value is -2.67. The molecule has 1 amide bonds. The summed E-state index contributed by atoms with van der Waals surface area (Å²) < 4.78 is 27.8. The Bertz CT molecular complexity index is 977. The highest BCUT2D eigenvalue weighted by Crippen LogP contribution is 2.27. The number of hydrogen-bond donors (Lipinski definition) is 1. The number of anilines is 1. The summed E-state index contributed by atoms with van der Waals surface area (Å²) in [5, 5.41) is 4.16. The van der Waals surface area contributed by atoms with E-state index in [9.17, 15) is 13.2 Å². The van der Waals surface area contributed by atoms with E-state index in [0.717, 1.165) is 46.8 Å². The molecule has 0 spiro atoms. The first kappa shape index (κ1) is 20.1. The maximum atomic E-state index is 13.3. The molecule has 0 radical (unpaired) electrons. The number of amides is 1. The van der Waals surface area contributed by atoms with Crippen LogP contribution >= 0.6 is 0 Å². The number of hydrazone groups is 1. The monoisotopic (exact) mass is 399 g/mol. The van der Waals surface area contributed by atoms with Gasteiger partial charge in [0.1, 0.15) is 6.54 Å². The van der Waals surface area contributed by atoms with Crippen LogP contribution < -0.4 is 9.73 Å². The number of sulfonamides is 1. The van der Waals surface area contributed by atoms with Crippen LogP contribution in [0.2, 0.25) is 0 Å². The third-order valence-electron chi connectivity index (χ3n) is 4.77. The molecule has 0 atom stereocenters. The van der Waals surface area contributed by atoms with E-state index in [2.05, 4.69) is 10.5 Å². The zero-order chi connectivity index (χ0) is 20.1. The molecule has 3 rings (SSSR count). The van der Waals surface area contributed by atoms with Gasteiger partial charge < -0.3 is 0 Å². The van der Waals surface area contributed by atoms with Crippen molar-refractivity contribution in [2.45, 2.75) is 44.4 Å². The van der Waals surface area contributed by atoms with Gasteiger partial charge in [0.25, 0.3) is 15.9 Å². The summed E-state index contributed by atoms with van der Waals surface area (Å²) in [6.07, 6.45) is 3.91. The molecule has 1 aliphatic carbocycles. The van der Waals surface area contributed by atoms with E-state index in [1.165, 1.54) is 12.1 Å². The maximum absolute atomic E-state index is 13.3. The average Bonchev–Trinajstić information content (AvgIpc) is 3.21. The van der Waals surface area contributed by atoms with Crippen LogP contribution in [0.15, 0.2) is 58.5 Å². The predicted octanol–water partition coefficient (Wildman–Crippen LogP) is 3.54. The van der Waals surface area contributed by atoms with Gasteiger partial charge in [-0.3, -0.25) is 9.10 Å². The number of nitrogens with zero attached hydrogens (tertiary/aromatic N) is 2. The molecule has 7 heteroatoms. The lowest BCUT2D eigenvalue weighted by molar-refractivity contribution is -0.119. The average molecular weight is 400 g/mol. The van der Waals surface area contributed by atoms with Gasteiger partial charge in [-0.05, 0) is 68.9 Å². The van der Waals surface area contributed by atoms with E-state index >= 15 is 0 Å².